The predicted molar refractivity (Wildman–Crippen MR) is 40.3 cm³/mol. The van der Waals surface area contributed by atoms with Crippen LogP contribution in [0.25, 0.3) is 0 Å². The first-order valence-corrected chi connectivity index (χ1v) is 2.95. The van der Waals surface area contributed by atoms with Gasteiger partial charge in [0.15, 0.2) is 0 Å². The monoisotopic (exact) mass is 326 g/mol. The Kier molecular flexibility index (Phi) is 8.76. The number of hydrogen-bond acceptors (Lipinski definition) is 1. The summed E-state index contributed by atoms with van der Waals surface area (Å²) in [7, 11) is 0. The van der Waals surface area contributed by atoms with Crippen LogP contribution in [0.3, 0.4) is 0 Å². The molecule has 1 N–H and O–H groups in total. The molecule has 0 aromatic rings. The van der Waals surface area contributed by atoms with Crippen LogP contribution in [0, 0.1) is 5.92 Å². The van der Waals surface area contributed by atoms with Gasteiger partial charge in [-0.2, -0.15) is 0 Å². The van der Waals surface area contributed by atoms with Crippen molar-refractivity contribution in [3.63, 3.8) is 0 Å². The van der Waals surface area contributed by atoms with Gasteiger partial charge in [-0.05, 0) is 12.8 Å². The zero-order chi connectivity index (χ0) is 6.57. The second-order valence-corrected chi connectivity index (χ2v) is 1.85. The molecule has 2 nitrogen and oxygen atoms in total. The van der Waals surface area contributed by atoms with Gasteiger partial charge in [0.25, 0.3) is 0 Å². The first-order valence-electron chi connectivity index (χ1n) is 2.95. The molecule has 0 spiro atoms. The molecule has 0 unspecified atom stereocenters. The normalized spacial score (nSPS) is 8.78. The van der Waals surface area contributed by atoms with E-state index in [-0.39, 0.29) is 33.2 Å². The summed E-state index contributed by atoms with van der Waals surface area (Å²) in [6.45, 7) is 3.78. The van der Waals surface area contributed by atoms with Crippen LogP contribution in [0.15, 0.2) is 0 Å². The van der Waals surface area contributed by atoms with Crippen LogP contribution in [-0.4, -0.2) is 38.4 Å². The van der Waals surface area contributed by atoms with Crippen molar-refractivity contribution in [2.45, 2.75) is 26.7 Å². The van der Waals surface area contributed by atoms with E-state index in [9.17, 15) is 4.79 Å². The third-order valence-corrected chi connectivity index (χ3v) is 1.33. The average Bonchev–Trinajstić information content (AvgIpc) is 1.69. The molecule has 0 saturated heterocycles. The molecule has 54 valence electrons. The van der Waals surface area contributed by atoms with E-state index in [0.717, 1.165) is 12.8 Å². The first-order chi connectivity index (χ1) is 3.72. The Labute approximate surface area is 75.8 Å². The zero-order valence-electron chi connectivity index (χ0n) is 6.05. The van der Waals surface area contributed by atoms with E-state index in [1.807, 2.05) is 13.8 Å². The fraction of sp³-hybridized carbons (Fsp3) is 0.833. The van der Waals surface area contributed by atoms with Crippen molar-refractivity contribution in [3.8, 4) is 0 Å². The fourth-order valence-electron chi connectivity index (χ4n) is 0.638. The minimum absolute atomic E-state index is 0. The van der Waals surface area contributed by atoms with Gasteiger partial charge in [0.1, 0.15) is 0 Å². The van der Waals surface area contributed by atoms with Gasteiger partial charge in [0, 0.05) is 0 Å². The number of carboxylic acids is 1. The molecule has 0 heterocycles. The van der Waals surface area contributed by atoms with E-state index in [1.54, 1.807) is 0 Å². The third-order valence-electron chi connectivity index (χ3n) is 1.33. The zero-order valence-corrected chi connectivity index (χ0v) is 11.6. The summed E-state index contributed by atoms with van der Waals surface area (Å²) in [6.07, 6.45) is 1.48. The van der Waals surface area contributed by atoms with Crippen LogP contribution in [0.5, 0.6) is 0 Å². The molecular weight excluding hydrogens is 311 g/mol. The Hall–Kier alpha value is 0.392. The standard InChI is InChI=1S/C6H12O2.Pb.2H/c1-3-5(4-2)6(7)8;;;/h5H,3-4H2,1-2H3,(H,7,8);;;. The summed E-state index contributed by atoms with van der Waals surface area (Å²) in [5, 5.41) is 8.37. The molecule has 0 fully saturated rings. The van der Waals surface area contributed by atoms with E-state index in [0.29, 0.717) is 0 Å². The molecular formula is C6H14O2Pb. The van der Waals surface area contributed by atoms with E-state index >= 15 is 0 Å². The van der Waals surface area contributed by atoms with Crippen LogP contribution in [0.1, 0.15) is 26.7 Å². The Morgan fingerprint density at radius 1 is 1.44 bits per heavy atom. The van der Waals surface area contributed by atoms with E-state index in [1.165, 1.54) is 0 Å². The number of aliphatic carboxylic acids is 1. The van der Waals surface area contributed by atoms with Crippen LogP contribution in [0.4, 0.5) is 0 Å². The molecule has 9 heavy (non-hydrogen) atoms. The van der Waals surface area contributed by atoms with Crippen LogP contribution >= 0.6 is 0 Å². The molecule has 0 rings (SSSR count). The SMILES string of the molecule is CCC(CC)C(=O)O.[PbH2]. The minimum atomic E-state index is -0.671. The summed E-state index contributed by atoms with van der Waals surface area (Å²) >= 11 is 0. The van der Waals surface area contributed by atoms with Crippen molar-refractivity contribution in [1.29, 1.82) is 0 Å². The molecule has 0 saturated carbocycles. The molecule has 0 aliphatic heterocycles. The molecule has 0 atom stereocenters. The third kappa shape index (κ3) is 4.87. The van der Waals surface area contributed by atoms with E-state index in [4.69, 9.17) is 5.11 Å². The van der Waals surface area contributed by atoms with E-state index in [2.05, 4.69) is 0 Å². The molecule has 0 aromatic carbocycles. The van der Waals surface area contributed by atoms with Gasteiger partial charge in [0.05, 0.1) is 5.92 Å². The average molecular weight is 325 g/mol. The van der Waals surface area contributed by atoms with Crippen LogP contribution < -0.4 is 0 Å². The molecule has 2 radical (unpaired) electrons. The van der Waals surface area contributed by atoms with Crippen LogP contribution in [0.2, 0.25) is 0 Å². The molecule has 0 aromatic heterocycles. The Morgan fingerprint density at radius 3 is 1.78 bits per heavy atom. The van der Waals surface area contributed by atoms with Gasteiger partial charge in [-0.1, -0.05) is 13.8 Å². The summed E-state index contributed by atoms with van der Waals surface area (Å²) in [5.41, 5.74) is 0. The molecule has 3 heteroatoms. The summed E-state index contributed by atoms with van der Waals surface area (Å²) in [4.78, 5) is 10.2. The van der Waals surface area contributed by atoms with Crippen molar-refractivity contribution < 1.29 is 9.90 Å². The Morgan fingerprint density at radius 2 is 1.78 bits per heavy atom. The van der Waals surface area contributed by atoms with E-state index < -0.39 is 5.97 Å². The second-order valence-electron chi connectivity index (χ2n) is 1.85. The van der Waals surface area contributed by atoms with Crippen molar-refractivity contribution >= 4 is 33.3 Å². The van der Waals surface area contributed by atoms with Gasteiger partial charge in [-0.15, -0.1) is 0 Å². The second kappa shape index (κ2) is 6.51. The van der Waals surface area contributed by atoms with Gasteiger partial charge in [-0.25, -0.2) is 0 Å². The van der Waals surface area contributed by atoms with Gasteiger partial charge < -0.3 is 5.11 Å². The predicted octanol–water partition coefficient (Wildman–Crippen LogP) is 0.591. The Balaban J connectivity index is 0. The van der Waals surface area contributed by atoms with Crippen molar-refractivity contribution in [3.05, 3.63) is 0 Å². The summed E-state index contributed by atoms with van der Waals surface area (Å²) < 4.78 is 0. The molecule has 0 amide bonds. The maximum absolute atomic E-state index is 10.2. The quantitative estimate of drug-likeness (QED) is 0.771. The van der Waals surface area contributed by atoms with Crippen molar-refractivity contribution in [2.24, 2.45) is 5.92 Å². The number of carbonyl (C=O) groups is 1. The fourth-order valence-corrected chi connectivity index (χ4v) is 0.638. The van der Waals surface area contributed by atoms with Crippen LogP contribution in [-0.2, 0) is 4.79 Å². The van der Waals surface area contributed by atoms with Gasteiger partial charge >= 0.3 is 33.3 Å². The van der Waals surface area contributed by atoms with Crippen molar-refractivity contribution in [1.82, 2.24) is 0 Å². The first kappa shape index (κ1) is 12.1. The Bertz CT molecular complexity index is 79.1. The maximum atomic E-state index is 10.2. The summed E-state index contributed by atoms with van der Waals surface area (Å²) in [6, 6.07) is 0. The molecule has 0 bridgehead atoms. The van der Waals surface area contributed by atoms with Gasteiger partial charge in [0.2, 0.25) is 0 Å². The number of rotatable bonds is 3. The van der Waals surface area contributed by atoms with Gasteiger partial charge in [-0.3, -0.25) is 4.79 Å². The molecule has 0 aliphatic carbocycles. The van der Waals surface area contributed by atoms with Crippen molar-refractivity contribution in [2.75, 3.05) is 0 Å². The molecule has 0 aliphatic rings. The topological polar surface area (TPSA) is 37.3 Å². The number of carboxylic acid groups (broad SMARTS) is 1. The summed E-state index contributed by atoms with van der Waals surface area (Å²) in [5.74, 6) is -0.801. The number of hydrogen-bond donors (Lipinski definition) is 1.